The van der Waals surface area contributed by atoms with Crippen molar-refractivity contribution in [2.24, 2.45) is 0 Å². The molecule has 0 aliphatic heterocycles. The molecule has 0 unspecified atom stereocenters. The van der Waals surface area contributed by atoms with E-state index >= 15 is 0 Å². The molecule has 0 fully saturated rings. The molecule has 2 rings (SSSR count). The van der Waals surface area contributed by atoms with Crippen LogP contribution in [0.5, 0.6) is 11.5 Å². The van der Waals surface area contributed by atoms with Gasteiger partial charge in [-0.1, -0.05) is 40.0 Å². The first-order chi connectivity index (χ1) is 10.7. The standard InChI is InChI=1S/C17H17BrN2O2/c1-3-9-22-17-11-15(18)13(10-16(17)21-2)12-19-20-14-7-5-4-6-8-14/h1,4-8,10-11,19-20H,9,12H2,2H3. The number of terminal acetylenes is 1. The summed E-state index contributed by atoms with van der Waals surface area (Å²) in [6, 6.07) is 13.7. The lowest BCUT2D eigenvalue weighted by Crippen LogP contribution is -2.21. The van der Waals surface area contributed by atoms with Crippen LogP contribution < -0.4 is 20.3 Å². The topological polar surface area (TPSA) is 42.5 Å². The summed E-state index contributed by atoms with van der Waals surface area (Å²) in [5, 5.41) is 0. The van der Waals surface area contributed by atoms with Gasteiger partial charge < -0.3 is 14.9 Å². The van der Waals surface area contributed by atoms with Gasteiger partial charge in [-0.3, -0.25) is 0 Å². The maximum Gasteiger partial charge on any atom is 0.163 e. The Hall–Kier alpha value is -2.16. The Bertz CT molecular complexity index is 654. The molecule has 0 aliphatic rings. The molecule has 22 heavy (non-hydrogen) atoms. The van der Waals surface area contributed by atoms with Crippen molar-refractivity contribution in [1.82, 2.24) is 5.43 Å². The monoisotopic (exact) mass is 360 g/mol. The second-order valence-corrected chi connectivity index (χ2v) is 5.29. The maximum absolute atomic E-state index is 5.46. The van der Waals surface area contributed by atoms with Crippen LogP contribution in [-0.2, 0) is 6.54 Å². The van der Waals surface area contributed by atoms with Crippen LogP contribution in [0, 0.1) is 12.3 Å². The van der Waals surface area contributed by atoms with Gasteiger partial charge in [0.25, 0.3) is 0 Å². The molecule has 0 atom stereocenters. The van der Waals surface area contributed by atoms with E-state index in [9.17, 15) is 0 Å². The second-order valence-electron chi connectivity index (χ2n) is 4.43. The minimum absolute atomic E-state index is 0.204. The summed E-state index contributed by atoms with van der Waals surface area (Å²) in [4.78, 5) is 0. The Morgan fingerprint density at radius 3 is 2.64 bits per heavy atom. The molecule has 2 aromatic rings. The summed E-state index contributed by atoms with van der Waals surface area (Å²) in [7, 11) is 1.60. The predicted molar refractivity (Wildman–Crippen MR) is 91.9 cm³/mol. The van der Waals surface area contributed by atoms with E-state index in [1.807, 2.05) is 42.5 Å². The van der Waals surface area contributed by atoms with Crippen LogP contribution in [0.15, 0.2) is 46.9 Å². The van der Waals surface area contributed by atoms with E-state index in [0.717, 1.165) is 15.7 Å². The molecule has 0 saturated carbocycles. The van der Waals surface area contributed by atoms with Crippen molar-refractivity contribution in [3.63, 3.8) is 0 Å². The molecule has 0 bridgehead atoms. The van der Waals surface area contributed by atoms with Crippen LogP contribution in [0.25, 0.3) is 0 Å². The Kier molecular flexibility index (Phi) is 6.13. The van der Waals surface area contributed by atoms with Gasteiger partial charge in [0.1, 0.15) is 6.61 Å². The van der Waals surface area contributed by atoms with Crippen LogP contribution >= 0.6 is 15.9 Å². The van der Waals surface area contributed by atoms with Gasteiger partial charge in [0, 0.05) is 16.7 Å². The predicted octanol–water partition coefficient (Wildman–Crippen LogP) is 3.59. The number of methoxy groups -OCH3 is 1. The van der Waals surface area contributed by atoms with Crippen molar-refractivity contribution in [1.29, 1.82) is 0 Å². The van der Waals surface area contributed by atoms with Gasteiger partial charge in [0.2, 0.25) is 0 Å². The minimum atomic E-state index is 0.204. The lowest BCUT2D eigenvalue weighted by Gasteiger charge is -2.14. The fourth-order valence-corrected chi connectivity index (χ4v) is 2.33. The van der Waals surface area contributed by atoms with Crippen molar-refractivity contribution >= 4 is 21.6 Å². The molecule has 0 heterocycles. The lowest BCUT2D eigenvalue weighted by atomic mass is 10.2. The fourth-order valence-electron chi connectivity index (χ4n) is 1.87. The summed E-state index contributed by atoms with van der Waals surface area (Å²) in [6.07, 6.45) is 5.21. The average molecular weight is 361 g/mol. The Morgan fingerprint density at radius 2 is 1.95 bits per heavy atom. The maximum atomic E-state index is 5.46. The second kappa shape index (κ2) is 8.32. The molecular weight excluding hydrogens is 344 g/mol. The van der Waals surface area contributed by atoms with E-state index in [2.05, 4.69) is 32.7 Å². The number of hydrogen-bond donors (Lipinski definition) is 2. The molecule has 4 nitrogen and oxygen atoms in total. The molecule has 0 saturated heterocycles. The average Bonchev–Trinajstić information content (AvgIpc) is 2.55. The molecule has 114 valence electrons. The number of halogens is 1. The van der Waals surface area contributed by atoms with Gasteiger partial charge >= 0.3 is 0 Å². The van der Waals surface area contributed by atoms with Crippen molar-refractivity contribution < 1.29 is 9.47 Å². The van der Waals surface area contributed by atoms with Gasteiger partial charge in [0.05, 0.1) is 7.11 Å². The van der Waals surface area contributed by atoms with Crippen molar-refractivity contribution in [2.45, 2.75) is 6.54 Å². The van der Waals surface area contributed by atoms with Crippen molar-refractivity contribution in [3.8, 4) is 23.8 Å². The summed E-state index contributed by atoms with van der Waals surface area (Å²) < 4.78 is 11.7. The number of anilines is 1. The normalized spacial score (nSPS) is 9.86. The minimum Gasteiger partial charge on any atom is -0.493 e. The summed E-state index contributed by atoms with van der Waals surface area (Å²) in [5.41, 5.74) is 8.34. The molecule has 0 aliphatic carbocycles. The number of hydrazine groups is 1. The van der Waals surface area contributed by atoms with Crippen LogP contribution in [0.1, 0.15) is 5.56 Å². The van der Waals surface area contributed by atoms with Gasteiger partial charge in [-0.2, -0.15) is 0 Å². The van der Waals surface area contributed by atoms with E-state index < -0.39 is 0 Å². The highest BCUT2D eigenvalue weighted by atomic mass is 79.9. The van der Waals surface area contributed by atoms with Crippen LogP contribution in [-0.4, -0.2) is 13.7 Å². The van der Waals surface area contributed by atoms with Gasteiger partial charge in [-0.25, -0.2) is 5.43 Å². The quantitative estimate of drug-likeness (QED) is 0.584. The fraction of sp³-hybridized carbons (Fsp3) is 0.176. The van der Waals surface area contributed by atoms with Gasteiger partial charge in [0.15, 0.2) is 11.5 Å². The molecule has 0 radical (unpaired) electrons. The first-order valence-corrected chi connectivity index (χ1v) is 7.50. The Morgan fingerprint density at radius 1 is 1.18 bits per heavy atom. The van der Waals surface area contributed by atoms with Gasteiger partial charge in [-0.15, -0.1) is 6.42 Å². The van der Waals surface area contributed by atoms with Gasteiger partial charge in [-0.05, 0) is 29.8 Å². The zero-order valence-electron chi connectivity index (χ0n) is 12.2. The zero-order chi connectivity index (χ0) is 15.8. The summed E-state index contributed by atoms with van der Waals surface area (Å²) >= 11 is 3.53. The number of nitrogens with one attached hydrogen (secondary N) is 2. The highest BCUT2D eigenvalue weighted by Crippen LogP contribution is 2.33. The van der Waals surface area contributed by atoms with Crippen LogP contribution in [0.4, 0.5) is 5.69 Å². The van der Waals surface area contributed by atoms with Crippen LogP contribution in [0.2, 0.25) is 0 Å². The molecule has 0 spiro atoms. The van der Waals surface area contributed by atoms with Crippen LogP contribution in [0.3, 0.4) is 0 Å². The third-order valence-electron chi connectivity index (χ3n) is 2.93. The number of para-hydroxylation sites is 1. The number of hydrogen-bond acceptors (Lipinski definition) is 4. The largest absolute Gasteiger partial charge is 0.493 e. The number of rotatable bonds is 7. The van der Waals surface area contributed by atoms with E-state index in [4.69, 9.17) is 15.9 Å². The molecule has 0 aromatic heterocycles. The van der Waals surface area contributed by atoms with Crippen molar-refractivity contribution in [3.05, 3.63) is 52.5 Å². The first kappa shape index (κ1) is 16.2. The third kappa shape index (κ3) is 4.42. The lowest BCUT2D eigenvalue weighted by molar-refractivity contribution is 0.330. The van der Waals surface area contributed by atoms with Crippen molar-refractivity contribution in [2.75, 3.05) is 19.1 Å². The SMILES string of the molecule is C#CCOc1cc(Br)c(CNNc2ccccc2)cc1OC. The molecule has 0 amide bonds. The smallest absolute Gasteiger partial charge is 0.163 e. The Balaban J connectivity index is 2.03. The molecule has 2 N–H and O–H groups in total. The molecular formula is C17H17BrN2O2. The first-order valence-electron chi connectivity index (χ1n) is 6.71. The summed E-state index contributed by atoms with van der Waals surface area (Å²) in [5.74, 6) is 3.70. The summed E-state index contributed by atoms with van der Waals surface area (Å²) in [6.45, 7) is 0.817. The van der Waals surface area contributed by atoms with E-state index in [-0.39, 0.29) is 6.61 Å². The highest BCUT2D eigenvalue weighted by Gasteiger charge is 2.10. The zero-order valence-corrected chi connectivity index (χ0v) is 13.8. The highest BCUT2D eigenvalue weighted by molar-refractivity contribution is 9.10. The Labute approximate surface area is 138 Å². The molecule has 2 aromatic carbocycles. The van der Waals surface area contributed by atoms with E-state index in [0.29, 0.717) is 18.0 Å². The number of benzene rings is 2. The van der Waals surface area contributed by atoms with E-state index in [1.54, 1.807) is 7.11 Å². The number of ether oxygens (including phenoxy) is 2. The molecule has 5 heteroatoms. The van der Waals surface area contributed by atoms with E-state index in [1.165, 1.54) is 0 Å². The third-order valence-corrected chi connectivity index (χ3v) is 3.67.